The molecule has 7 heteroatoms. The van der Waals surface area contributed by atoms with Crippen molar-refractivity contribution in [2.45, 2.75) is 25.7 Å². The summed E-state index contributed by atoms with van der Waals surface area (Å²) in [4.78, 5) is 26.1. The van der Waals surface area contributed by atoms with Crippen molar-refractivity contribution in [3.8, 4) is 5.75 Å². The lowest BCUT2D eigenvalue weighted by Gasteiger charge is -2.32. The summed E-state index contributed by atoms with van der Waals surface area (Å²) in [7, 11) is 0. The van der Waals surface area contributed by atoms with Crippen molar-refractivity contribution < 1.29 is 18.7 Å². The average molecular weight is 351 g/mol. The van der Waals surface area contributed by atoms with Crippen LogP contribution in [0.2, 0.25) is 0 Å². The van der Waals surface area contributed by atoms with Crippen LogP contribution in [0.4, 0.5) is 4.39 Å². The number of halogens is 1. The zero-order chi connectivity index (χ0) is 18.1. The number of nitrogens with one attached hydrogen (secondary N) is 1. The van der Waals surface area contributed by atoms with Crippen molar-refractivity contribution in [1.82, 2.24) is 10.2 Å². The fourth-order valence-corrected chi connectivity index (χ4v) is 2.88. The van der Waals surface area contributed by atoms with Gasteiger partial charge in [0.2, 0.25) is 11.8 Å². The molecule has 1 aliphatic rings. The molecule has 1 saturated heterocycles. The second-order valence-electron chi connectivity index (χ2n) is 6.14. The van der Waals surface area contributed by atoms with Crippen molar-refractivity contribution >= 4 is 11.8 Å². The number of benzene rings is 1. The van der Waals surface area contributed by atoms with E-state index in [0.29, 0.717) is 39.0 Å². The number of para-hydroxylation sites is 1. The highest BCUT2D eigenvalue weighted by Crippen LogP contribution is 2.18. The minimum Gasteiger partial charge on any atom is -0.491 e. The first-order valence-electron chi connectivity index (χ1n) is 8.74. The number of carbonyl (C=O) groups excluding carboxylic acids is 2. The van der Waals surface area contributed by atoms with Crippen LogP contribution >= 0.6 is 0 Å². The number of carbonyl (C=O) groups is 2. The number of piperidine rings is 1. The van der Waals surface area contributed by atoms with Crippen molar-refractivity contribution in [2.75, 3.05) is 32.8 Å². The lowest BCUT2D eigenvalue weighted by molar-refractivity contribution is -0.135. The minimum absolute atomic E-state index is 0.00783. The van der Waals surface area contributed by atoms with E-state index in [1.165, 1.54) is 6.07 Å². The molecule has 1 aromatic rings. The number of nitrogens with two attached hydrogens (primary N) is 1. The molecular formula is C18H26FN3O3. The van der Waals surface area contributed by atoms with Crippen LogP contribution in [-0.2, 0) is 9.59 Å². The van der Waals surface area contributed by atoms with Gasteiger partial charge >= 0.3 is 0 Å². The van der Waals surface area contributed by atoms with E-state index >= 15 is 0 Å². The number of ether oxygens (including phenoxy) is 1. The second-order valence-corrected chi connectivity index (χ2v) is 6.14. The standard InChI is InChI=1S/C18H26FN3O3/c19-15-6-1-2-7-16(15)25-12-4-8-17(23)22-11-3-5-14(13-22)18(24)21-10-9-20/h1-2,6-7,14H,3-5,8-13,20H2,(H,21,24). The van der Waals surface area contributed by atoms with E-state index in [-0.39, 0.29) is 30.1 Å². The van der Waals surface area contributed by atoms with Gasteiger partial charge in [0.15, 0.2) is 11.6 Å². The van der Waals surface area contributed by atoms with Gasteiger partial charge in [-0.25, -0.2) is 4.39 Å². The molecule has 1 atom stereocenters. The van der Waals surface area contributed by atoms with Gasteiger partial charge in [-0.15, -0.1) is 0 Å². The first kappa shape index (κ1) is 19.2. The minimum atomic E-state index is -0.406. The first-order chi connectivity index (χ1) is 12.1. The zero-order valence-electron chi connectivity index (χ0n) is 14.4. The van der Waals surface area contributed by atoms with Crippen LogP contribution in [0.3, 0.4) is 0 Å². The van der Waals surface area contributed by atoms with Gasteiger partial charge in [0.25, 0.3) is 0 Å². The Morgan fingerprint density at radius 3 is 2.92 bits per heavy atom. The van der Waals surface area contributed by atoms with Crippen LogP contribution in [0.5, 0.6) is 5.75 Å². The maximum absolute atomic E-state index is 13.4. The van der Waals surface area contributed by atoms with Crippen LogP contribution in [0, 0.1) is 11.7 Å². The van der Waals surface area contributed by atoms with Crippen LogP contribution < -0.4 is 15.8 Å². The lowest BCUT2D eigenvalue weighted by Crippen LogP contribution is -2.46. The summed E-state index contributed by atoms with van der Waals surface area (Å²) in [6.07, 6.45) is 2.44. The summed E-state index contributed by atoms with van der Waals surface area (Å²) in [5.41, 5.74) is 5.39. The number of amides is 2. The Hall–Kier alpha value is -2.15. The van der Waals surface area contributed by atoms with E-state index < -0.39 is 5.82 Å². The Bertz CT molecular complexity index is 582. The molecule has 0 radical (unpaired) electrons. The lowest BCUT2D eigenvalue weighted by atomic mass is 9.96. The van der Waals surface area contributed by atoms with Gasteiger partial charge in [0.05, 0.1) is 12.5 Å². The van der Waals surface area contributed by atoms with Gasteiger partial charge in [-0.2, -0.15) is 0 Å². The number of rotatable bonds is 8. The van der Waals surface area contributed by atoms with E-state index in [1.54, 1.807) is 23.1 Å². The molecule has 25 heavy (non-hydrogen) atoms. The summed E-state index contributed by atoms with van der Waals surface area (Å²) < 4.78 is 18.8. The number of hydrogen-bond acceptors (Lipinski definition) is 4. The molecule has 1 unspecified atom stereocenters. The Labute approximate surface area is 147 Å². The largest absolute Gasteiger partial charge is 0.491 e. The molecule has 1 aromatic carbocycles. The quantitative estimate of drug-likeness (QED) is 0.692. The van der Waals surface area contributed by atoms with Crippen molar-refractivity contribution in [2.24, 2.45) is 11.7 Å². The van der Waals surface area contributed by atoms with Gasteiger partial charge in [0.1, 0.15) is 0 Å². The average Bonchev–Trinajstić information content (AvgIpc) is 2.64. The third-order valence-electron chi connectivity index (χ3n) is 4.22. The molecule has 138 valence electrons. The molecule has 6 nitrogen and oxygen atoms in total. The van der Waals surface area contributed by atoms with E-state index in [1.807, 2.05) is 0 Å². The predicted molar refractivity (Wildman–Crippen MR) is 92.5 cm³/mol. The second kappa shape index (κ2) is 9.98. The summed E-state index contributed by atoms with van der Waals surface area (Å²) in [6, 6.07) is 6.20. The van der Waals surface area contributed by atoms with Crippen LogP contribution in [0.15, 0.2) is 24.3 Å². The Morgan fingerprint density at radius 2 is 2.16 bits per heavy atom. The molecular weight excluding hydrogens is 325 g/mol. The molecule has 1 aliphatic heterocycles. The third-order valence-corrected chi connectivity index (χ3v) is 4.22. The molecule has 2 amide bonds. The summed E-state index contributed by atoms with van der Waals surface area (Å²) >= 11 is 0. The fourth-order valence-electron chi connectivity index (χ4n) is 2.88. The molecule has 1 fully saturated rings. The zero-order valence-corrected chi connectivity index (χ0v) is 14.4. The van der Waals surface area contributed by atoms with Crippen molar-refractivity contribution in [3.05, 3.63) is 30.1 Å². The van der Waals surface area contributed by atoms with E-state index in [9.17, 15) is 14.0 Å². The highest BCUT2D eigenvalue weighted by Gasteiger charge is 2.27. The van der Waals surface area contributed by atoms with Gasteiger partial charge in [-0.3, -0.25) is 9.59 Å². The maximum atomic E-state index is 13.4. The highest BCUT2D eigenvalue weighted by atomic mass is 19.1. The Morgan fingerprint density at radius 1 is 1.36 bits per heavy atom. The summed E-state index contributed by atoms with van der Waals surface area (Å²) in [5.74, 6) is -0.404. The van der Waals surface area contributed by atoms with Crippen LogP contribution in [-0.4, -0.2) is 49.5 Å². The molecule has 1 heterocycles. The monoisotopic (exact) mass is 351 g/mol. The van der Waals surface area contributed by atoms with Gasteiger partial charge in [-0.05, 0) is 31.4 Å². The van der Waals surface area contributed by atoms with E-state index in [0.717, 1.165) is 12.8 Å². The predicted octanol–water partition coefficient (Wildman–Crippen LogP) is 1.30. The van der Waals surface area contributed by atoms with Crippen molar-refractivity contribution in [1.29, 1.82) is 0 Å². The molecule has 0 aliphatic carbocycles. The molecule has 2 rings (SSSR count). The van der Waals surface area contributed by atoms with Crippen molar-refractivity contribution in [3.63, 3.8) is 0 Å². The smallest absolute Gasteiger partial charge is 0.224 e. The topological polar surface area (TPSA) is 84.7 Å². The molecule has 0 bridgehead atoms. The van der Waals surface area contributed by atoms with Crippen LogP contribution in [0.1, 0.15) is 25.7 Å². The van der Waals surface area contributed by atoms with E-state index in [4.69, 9.17) is 10.5 Å². The first-order valence-corrected chi connectivity index (χ1v) is 8.74. The Balaban J connectivity index is 1.71. The van der Waals surface area contributed by atoms with Gasteiger partial charge < -0.3 is 20.7 Å². The van der Waals surface area contributed by atoms with Crippen LogP contribution in [0.25, 0.3) is 0 Å². The summed E-state index contributed by atoms with van der Waals surface area (Å²) in [5, 5.41) is 2.78. The fraction of sp³-hybridized carbons (Fsp3) is 0.556. The summed E-state index contributed by atoms with van der Waals surface area (Å²) in [6.45, 7) is 2.26. The molecule has 3 N–H and O–H groups in total. The normalized spacial score (nSPS) is 17.2. The van der Waals surface area contributed by atoms with E-state index in [2.05, 4.69) is 5.32 Å². The number of nitrogens with zero attached hydrogens (tertiary/aromatic N) is 1. The highest BCUT2D eigenvalue weighted by molar-refractivity contribution is 5.81. The number of hydrogen-bond donors (Lipinski definition) is 2. The molecule has 0 saturated carbocycles. The third kappa shape index (κ3) is 6.01. The van der Waals surface area contributed by atoms with Gasteiger partial charge in [0, 0.05) is 32.6 Å². The SMILES string of the molecule is NCCNC(=O)C1CCCN(C(=O)CCCOc2ccccc2F)C1. The van der Waals surface area contributed by atoms with Gasteiger partial charge in [-0.1, -0.05) is 12.1 Å². The Kier molecular flexibility index (Phi) is 7.66. The molecule has 0 spiro atoms. The molecule has 0 aromatic heterocycles. The number of likely N-dealkylation sites (tertiary alicyclic amines) is 1. The maximum Gasteiger partial charge on any atom is 0.224 e.